The van der Waals surface area contributed by atoms with E-state index >= 15 is 0 Å². The molecule has 2 aromatic carbocycles. The van der Waals surface area contributed by atoms with Crippen molar-refractivity contribution in [2.45, 2.75) is 6.42 Å². The second kappa shape index (κ2) is 7.05. The maximum atomic E-state index is 12.5. The molecule has 1 aliphatic rings. The van der Waals surface area contributed by atoms with Gasteiger partial charge in [-0.25, -0.2) is 0 Å². The van der Waals surface area contributed by atoms with E-state index in [4.69, 9.17) is 4.74 Å². The summed E-state index contributed by atoms with van der Waals surface area (Å²) in [5.74, 6) is -0.0307. The van der Waals surface area contributed by atoms with E-state index in [1.165, 1.54) is 0 Å². The van der Waals surface area contributed by atoms with Crippen LogP contribution in [0.3, 0.4) is 0 Å². The topological polar surface area (TPSA) is 58.6 Å². The summed E-state index contributed by atoms with van der Waals surface area (Å²) >= 11 is 3.45. The molecule has 2 amide bonds. The summed E-state index contributed by atoms with van der Waals surface area (Å²) in [5.41, 5.74) is 1.40. The maximum Gasteiger partial charge on any atom is 0.229 e. The van der Waals surface area contributed by atoms with Gasteiger partial charge in [0.2, 0.25) is 11.8 Å². The van der Waals surface area contributed by atoms with Crippen molar-refractivity contribution in [1.82, 2.24) is 0 Å². The zero-order valence-electron chi connectivity index (χ0n) is 13.2. The van der Waals surface area contributed by atoms with Gasteiger partial charge in [-0.1, -0.05) is 24.3 Å². The number of nitrogens with one attached hydrogen (secondary N) is 1. The second-order valence-electron chi connectivity index (χ2n) is 5.55. The molecule has 1 aliphatic heterocycles. The number of benzene rings is 2. The second-order valence-corrected chi connectivity index (χ2v) is 6.40. The number of carbonyl (C=O) groups excluding carboxylic acids is 2. The highest BCUT2D eigenvalue weighted by atomic mass is 79.9. The van der Waals surface area contributed by atoms with Gasteiger partial charge < -0.3 is 15.0 Å². The molecule has 0 aliphatic carbocycles. The van der Waals surface area contributed by atoms with Crippen molar-refractivity contribution in [2.75, 3.05) is 23.9 Å². The lowest BCUT2D eigenvalue weighted by Gasteiger charge is -2.18. The van der Waals surface area contributed by atoms with Crippen LogP contribution in [0.4, 0.5) is 11.4 Å². The van der Waals surface area contributed by atoms with Crippen LogP contribution < -0.4 is 15.0 Å². The zero-order valence-corrected chi connectivity index (χ0v) is 14.7. The first-order valence-electron chi connectivity index (χ1n) is 7.59. The quantitative estimate of drug-likeness (QED) is 0.872. The SMILES string of the molecule is COc1ccccc1NC(=O)[C@@H]1CC(=O)N(c2ccccc2Br)C1. The highest BCUT2D eigenvalue weighted by molar-refractivity contribution is 9.10. The minimum atomic E-state index is -0.394. The summed E-state index contributed by atoms with van der Waals surface area (Å²) in [6.45, 7) is 0.364. The monoisotopic (exact) mass is 388 g/mol. The van der Waals surface area contributed by atoms with Crippen molar-refractivity contribution in [2.24, 2.45) is 5.92 Å². The summed E-state index contributed by atoms with van der Waals surface area (Å²) in [7, 11) is 1.55. The summed E-state index contributed by atoms with van der Waals surface area (Å²) in [6, 6.07) is 14.7. The number of ether oxygens (including phenoxy) is 1. The number of carbonyl (C=O) groups is 2. The molecule has 1 heterocycles. The van der Waals surface area contributed by atoms with E-state index in [9.17, 15) is 9.59 Å². The molecule has 1 fully saturated rings. The number of hydrogen-bond donors (Lipinski definition) is 1. The molecule has 0 unspecified atom stereocenters. The van der Waals surface area contributed by atoms with Gasteiger partial charge in [-0.05, 0) is 40.2 Å². The third-order valence-electron chi connectivity index (χ3n) is 4.00. The molecule has 6 heteroatoms. The van der Waals surface area contributed by atoms with Crippen LogP contribution in [0.25, 0.3) is 0 Å². The predicted molar refractivity (Wildman–Crippen MR) is 96.2 cm³/mol. The Kier molecular flexibility index (Phi) is 4.85. The van der Waals surface area contributed by atoms with Gasteiger partial charge in [-0.15, -0.1) is 0 Å². The number of anilines is 2. The van der Waals surface area contributed by atoms with E-state index < -0.39 is 5.92 Å². The third kappa shape index (κ3) is 3.28. The Morgan fingerprint density at radius 1 is 1.21 bits per heavy atom. The number of nitrogens with zero attached hydrogens (tertiary/aromatic N) is 1. The van der Waals surface area contributed by atoms with Gasteiger partial charge >= 0.3 is 0 Å². The van der Waals surface area contributed by atoms with Crippen molar-refractivity contribution < 1.29 is 14.3 Å². The molecule has 0 saturated carbocycles. The van der Waals surface area contributed by atoms with Gasteiger partial charge in [-0.2, -0.15) is 0 Å². The van der Waals surface area contributed by atoms with Gasteiger partial charge in [0.05, 0.1) is 24.4 Å². The van der Waals surface area contributed by atoms with Crippen molar-refractivity contribution in [3.05, 3.63) is 53.0 Å². The van der Waals surface area contributed by atoms with Crippen molar-refractivity contribution in [1.29, 1.82) is 0 Å². The average Bonchev–Trinajstić information content (AvgIpc) is 2.97. The average molecular weight is 389 g/mol. The number of methoxy groups -OCH3 is 1. The number of rotatable bonds is 4. The molecular formula is C18H17BrN2O3. The van der Waals surface area contributed by atoms with Gasteiger partial charge in [-0.3, -0.25) is 9.59 Å². The fourth-order valence-electron chi connectivity index (χ4n) is 2.77. The Morgan fingerprint density at radius 3 is 2.67 bits per heavy atom. The molecular weight excluding hydrogens is 372 g/mol. The molecule has 0 bridgehead atoms. The van der Waals surface area contributed by atoms with Gasteiger partial charge in [0.25, 0.3) is 0 Å². The Bertz CT molecular complexity index is 778. The van der Waals surface area contributed by atoms with E-state index in [0.29, 0.717) is 18.0 Å². The maximum absolute atomic E-state index is 12.5. The Balaban J connectivity index is 1.74. The van der Waals surface area contributed by atoms with Crippen molar-refractivity contribution in [3.63, 3.8) is 0 Å². The van der Waals surface area contributed by atoms with Gasteiger partial charge in [0, 0.05) is 17.4 Å². The number of hydrogen-bond acceptors (Lipinski definition) is 3. The van der Waals surface area contributed by atoms with Crippen LogP contribution in [0.5, 0.6) is 5.75 Å². The zero-order chi connectivity index (χ0) is 17.1. The normalized spacial score (nSPS) is 17.0. The number of para-hydroxylation sites is 3. The lowest BCUT2D eigenvalue weighted by Crippen LogP contribution is -2.28. The Morgan fingerprint density at radius 2 is 1.92 bits per heavy atom. The van der Waals surface area contributed by atoms with E-state index in [1.54, 1.807) is 24.1 Å². The first kappa shape index (κ1) is 16.5. The number of amides is 2. The minimum absolute atomic E-state index is 0.0536. The lowest BCUT2D eigenvalue weighted by molar-refractivity contribution is -0.122. The fourth-order valence-corrected chi connectivity index (χ4v) is 3.27. The standard InChI is InChI=1S/C18H17BrN2O3/c1-24-16-9-5-3-7-14(16)20-18(23)12-10-17(22)21(11-12)15-8-4-2-6-13(15)19/h2-9,12H,10-11H2,1H3,(H,20,23)/t12-/m1/s1. The molecule has 5 nitrogen and oxygen atoms in total. The minimum Gasteiger partial charge on any atom is -0.495 e. The fraction of sp³-hybridized carbons (Fsp3) is 0.222. The highest BCUT2D eigenvalue weighted by Gasteiger charge is 2.36. The molecule has 2 aromatic rings. The smallest absolute Gasteiger partial charge is 0.229 e. The molecule has 3 rings (SSSR count). The summed E-state index contributed by atoms with van der Waals surface area (Å²) in [4.78, 5) is 26.5. The summed E-state index contributed by atoms with van der Waals surface area (Å²) in [6.07, 6.45) is 0.197. The largest absolute Gasteiger partial charge is 0.495 e. The van der Waals surface area contributed by atoms with Crippen LogP contribution >= 0.6 is 15.9 Å². The summed E-state index contributed by atoms with van der Waals surface area (Å²) < 4.78 is 6.08. The Labute approximate surface area is 148 Å². The van der Waals surface area contributed by atoms with Crippen LogP contribution in [-0.4, -0.2) is 25.5 Å². The molecule has 1 saturated heterocycles. The molecule has 24 heavy (non-hydrogen) atoms. The molecule has 0 radical (unpaired) electrons. The van der Waals surface area contributed by atoms with E-state index in [-0.39, 0.29) is 18.2 Å². The number of halogens is 1. The molecule has 0 aromatic heterocycles. The first-order chi connectivity index (χ1) is 11.6. The first-order valence-corrected chi connectivity index (χ1v) is 8.38. The van der Waals surface area contributed by atoms with Crippen LogP contribution in [0.2, 0.25) is 0 Å². The predicted octanol–water partition coefficient (Wildman–Crippen LogP) is 3.45. The van der Waals surface area contributed by atoms with Crippen molar-refractivity contribution in [3.8, 4) is 5.75 Å². The molecule has 0 spiro atoms. The van der Waals surface area contributed by atoms with Crippen LogP contribution in [0, 0.1) is 5.92 Å². The van der Waals surface area contributed by atoms with Gasteiger partial charge in [0.1, 0.15) is 5.75 Å². The van der Waals surface area contributed by atoms with E-state index in [1.807, 2.05) is 36.4 Å². The molecule has 1 atom stereocenters. The van der Waals surface area contributed by atoms with Crippen LogP contribution in [0.1, 0.15) is 6.42 Å². The Hall–Kier alpha value is -2.34. The van der Waals surface area contributed by atoms with E-state index in [0.717, 1.165) is 10.2 Å². The lowest BCUT2D eigenvalue weighted by atomic mass is 10.1. The van der Waals surface area contributed by atoms with Gasteiger partial charge in [0.15, 0.2) is 0 Å². The van der Waals surface area contributed by atoms with E-state index in [2.05, 4.69) is 21.2 Å². The molecule has 1 N–H and O–H groups in total. The van der Waals surface area contributed by atoms with Crippen molar-refractivity contribution >= 4 is 39.1 Å². The third-order valence-corrected chi connectivity index (χ3v) is 4.67. The summed E-state index contributed by atoms with van der Waals surface area (Å²) in [5, 5.41) is 2.86. The molecule has 124 valence electrons. The van der Waals surface area contributed by atoms with Crippen LogP contribution in [-0.2, 0) is 9.59 Å². The van der Waals surface area contributed by atoms with Crippen LogP contribution in [0.15, 0.2) is 53.0 Å². The highest BCUT2D eigenvalue weighted by Crippen LogP contribution is 2.32.